The van der Waals surface area contributed by atoms with E-state index in [1.165, 1.54) is 0 Å². The molecule has 0 fully saturated rings. The van der Waals surface area contributed by atoms with Gasteiger partial charge in [-0.2, -0.15) is 0 Å². The molecule has 2 heterocycles. The van der Waals surface area contributed by atoms with Crippen LogP contribution in [0.25, 0.3) is 11.3 Å². The monoisotopic (exact) mass is 378 g/mol. The molecule has 144 valence electrons. The summed E-state index contributed by atoms with van der Waals surface area (Å²) in [6.45, 7) is 1.39. The number of nitrogens with zero attached hydrogens (tertiary/aromatic N) is 3. The molecule has 8 heteroatoms. The normalized spacial score (nSPS) is 10.5. The second-order valence-corrected chi connectivity index (χ2v) is 6.16. The highest BCUT2D eigenvalue weighted by atomic mass is 16.4. The average Bonchev–Trinajstić information content (AvgIpc) is 2.68. The van der Waals surface area contributed by atoms with Gasteiger partial charge in [0.05, 0.1) is 12.1 Å². The van der Waals surface area contributed by atoms with Crippen molar-refractivity contribution in [2.45, 2.75) is 12.8 Å². The van der Waals surface area contributed by atoms with E-state index in [9.17, 15) is 4.79 Å². The van der Waals surface area contributed by atoms with Crippen molar-refractivity contribution in [2.24, 2.45) is 5.73 Å². The van der Waals surface area contributed by atoms with E-state index < -0.39 is 5.97 Å². The Hall–Kier alpha value is -3.52. The molecule has 0 aliphatic heterocycles. The highest BCUT2D eigenvalue weighted by molar-refractivity contribution is 5.71. The third kappa shape index (κ3) is 5.49. The van der Waals surface area contributed by atoms with Crippen LogP contribution >= 0.6 is 0 Å². The molecular formula is C20H22N6O2. The molecule has 0 aliphatic rings. The van der Waals surface area contributed by atoms with E-state index in [0.29, 0.717) is 18.1 Å². The molecule has 28 heavy (non-hydrogen) atoms. The van der Waals surface area contributed by atoms with Crippen molar-refractivity contribution in [3.05, 3.63) is 60.4 Å². The molecular weight excluding hydrogens is 356 g/mol. The van der Waals surface area contributed by atoms with Crippen molar-refractivity contribution < 1.29 is 9.90 Å². The van der Waals surface area contributed by atoms with E-state index in [1.54, 1.807) is 30.6 Å². The van der Waals surface area contributed by atoms with Gasteiger partial charge in [-0.3, -0.25) is 4.79 Å². The molecule has 0 aliphatic carbocycles. The number of pyridine rings is 1. The minimum absolute atomic E-state index is 0.0344. The molecule has 0 radical (unpaired) electrons. The average molecular weight is 378 g/mol. The summed E-state index contributed by atoms with van der Waals surface area (Å²) in [5.41, 5.74) is 8.61. The molecule has 0 spiro atoms. The summed E-state index contributed by atoms with van der Waals surface area (Å²) >= 11 is 0. The molecule has 0 saturated heterocycles. The lowest BCUT2D eigenvalue weighted by atomic mass is 10.1. The number of benzene rings is 1. The first kappa shape index (κ1) is 19.2. The van der Waals surface area contributed by atoms with Crippen LogP contribution in [0.2, 0.25) is 0 Å². The number of aromatic nitrogens is 3. The lowest BCUT2D eigenvalue weighted by Gasteiger charge is -2.09. The summed E-state index contributed by atoms with van der Waals surface area (Å²) in [7, 11) is 0. The van der Waals surface area contributed by atoms with E-state index in [0.717, 1.165) is 35.7 Å². The Balaban J connectivity index is 1.76. The first-order valence-corrected chi connectivity index (χ1v) is 8.95. The Morgan fingerprint density at radius 1 is 1.11 bits per heavy atom. The van der Waals surface area contributed by atoms with Gasteiger partial charge >= 0.3 is 5.97 Å². The van der Waals surface area contributed by atoms with E-state index >= 15 is 0 Å². The van der Waals surface area contributed by atoms with Crippen molar-refractivity contribution >= 4 is 23.4 Å². The fraction of sp³-hybridized carbons (Fsp3) is 0.200. The summed E-state index contributed by atoms with van der Waals surface area (Å²) < 4.78 is 0. The van der Waals surface area contributed by atoms with Crippen LogP contribution in [0.4, 0.5) is 17.5 Å². The molecule has 5 N–H and O–H groups in total. The summed E-state index contributed by atoms with van der Waals surface area (Å²) in [6.07, 6.45) is 4.24. The van der Waals surface area contributed by atoms with Gasteiger partial charge in [-0.25, -0.2) is 15.0 Å². The molecule has 3 rings (SSSR count). The van der Waals surface area contributed by atoms with Crippen LogP contribution in [-0.4, -0.2) is 39.1 Å². The third-order valence-electron chi connectivity index (χ3n) is 3.94. The Kier molecular flexibility index (Phi) is 6.48. The van der Waals surface area contributed by atoms with Crippen LogP contribution < -0.4 is 16.4 Å². The fourth-order valence-electron chi connectivity index (χ4n) is 2.65. The number of carboxylic acid groups (broad SMARTS) is 1. The predicted octanol–water partition coefficient (Wildman–Crippen LogP) is 2.67. The maximum absolute atomic E-state index is 10.9. The van der Waals surface area contributed by atoms with Gasteiger partial charge in [0.25, 0.3) is 0 Å². The molecule has 0 atom stereocenters. The minimum Gasteiger partial charge on any atom is -0.481 e. The quantitative estimate of drug-likeness (QED) is 0.419. The Morgan fingerprint density at radius 2 is 1.96 bits per heavy atom. The lowest BCUT2D eigenvalue weighted by Crippen LogP contribution is -2.09. The van der Waals surface area contributed by atoms with Crippen LogP contribution in [0.1, 0.15) is 12.0 Å². The predicted molar refractivity (Wildman–Crippen MR) is 108 cm³/mol. The molecule has 8 nitrogen and oxygen atoms in total. The molecule has 0 unspecified atom stereocenters. The number of carbonyl (C=O) groups is 1. The van der Waals surface area contributed by atoms with Crippen molar-refractivity contribution in [3.8, 4) is 11.3 Å². The SMILES string of the molecule is NCCCNc1cc(-c2ccnc(Nc3cccc(CC(=O)O)c3)n2)ccn1. The van der Waals surface area contributed by atoms with E-state index in [2.05, 4.69) is 25.6 Å². The second kappa shape index (κ2) is 9.43. The van der Waals surface area contributed by atoms with Crippen LogP contribution in [0.5, 0.6) is 0 Å². The van der Waals surface area contributed by atoms with Crippen LogP contribution in [0.15, 0.2) is 54.9 Å². The number of hydrogen-bond donors (Lipinski definition) is 4. The summed E-state index contributed by atoms with van der Waals surface area (Å²) in [5.74, 6) is 0.323. The lowest BCUT2D eigenvalue weighted by molar-refractivity contribution is -0.136. The van der Waals surface area contributed by atoms with Crippen molar-refractivity contribution in [2.75, 3.05) is 23.7 Å². The molecule has 1 aromatic carbocycles. The number of nitrogens with two attached hydrogens (primary N) is 1. The van der Waals surface area contributed by atoms with Crippen LogP contribution in [0.3, 0.4) is 0 Å². The highest BCUT2D eigenvalue weighted by Gasteiger charge is 2.06. The topological polar surface area (TPSA) is 126 Å². The van der Waals surface area contributed by atoms with E-state index in [-0.39, 0.29) is 6.42 Å². The highest BCUT2D eigenvalue weighted by Crippen LogP contribution is 2.21. The smallest absolute Gasteiger partial charge is 0.307 e. The number of hydrogen-bond acceptors (Lipinski definition) is 7. The van der Waals surface area contributed by atoms with Gasteiger partial charge in [0.15, 0.2) is 0 Å². The van der Waals surface area contributed by atoms with Gasteiger partial charge in [-0.15, -0.1) is 0 Å². The van der Waals surface area contributed by atoms with Gasteiger partial charge < -0.3 is 21.5 Å². The minimum atomic E-state index is -0.871. The third-order valence-corrected chi connectivity index (χ3v) is 3.94. The number of anilines is 3. The fourth-order valence-corrected chi connectivity index (χ4v) is 2.65. The van der Waals surface area contributed by atoms with E-state index in [4.69, 9.17) is 10.8 Å². The molecule has 2 aromatic heterocycles. The van der Waals surface area contributed by atoms with Crippen molar-refractivity contribution in [3.63, 3.8) is 0 Å². The Labute approximate surface area is 162 Å². The zero-order valence-corrected chi connectivity index (χ0v) is 15.3. The van der Waals surface area contributed by atoms with Gasteiger partial charge in [0.1, 0.15) is 5.82 Å². The van der Waals surface area contributed by atoms with E-state index in [1.807, 2.05) is 24.3 Å². The standard InChI is InChI=1S/C20H22N6O2/c21-7-2-8-22-18-13-15(5-9-23-18)17-6-10-24-20(26-17)25-16-4-1-3-14(11-16)12-19(27)28/h1,3-6,9-11,13H,2,7-8,12,21H2,(H,22,23)(H,27,28)(H,24,25,26). The van der Waals surface area contributed by atoms with Gasteiger partial charge in [-0.05, 0) is 48.9 Å². The number of rotatable bonds is 9. The Morgan fingerprint density at radius 3 is 2.79 bits per heavy atom. The first-order chi connectivity index (χ1) is 13.6. The summed E-state index contributed by atoms with van der Waals surface area (Å²) in [5, 5.41) is 15.3. The number of aliphatic carboxylic acids is 1. The zero-order chi connectivity index (χ0) is 19.8. The maximum atomic E-state index is 10.9. The molecule has 0 bridgehead atoms. The Bertz CT molecular complexity index is 947. The molecule has 3 aromatic rings. The van der Waals surface area contributed by atoms with Crippen molar-refractivity contribution in [1.29, 1.82) is 0 Å². The van der Waals surface area contributed by atoms with Gasteiger partial charge in [0.2, 0.25) is 5.95 Å². The molecule has 0 saturated carbocycles. The number of carboxylic acids is 1. The largest absolute Gasteiger partial charge is 0.481 e. The van der Waals surface area contributed by atoms with Crippen molar-refractivity contribution in [1.82, 2.24) is 15.0 Å². The summed E-state index contributed by atoms with van der Waals surface area (Å²) in [6, 6.07) is 12.8. The van der Waals surface area contributed by atoms with Gasteiger partial charge in [-0.1, -0.05) is 12.1 Å². The van der Waals surface area contributed by atoms with Crippen LogP contribution in [0, 0.1) is 0 Å². The maximum Gasteiger partial charge on any atom is 0.307 e. The summed E-state index contributed by atoms with van der Waals surface area (Å²) in [4.78, 5) is 24.0. The van der Waals surface area contributed by atoms with Crippen LogP contribution in [-0.2, 0) is 11.2 Å². The number of nitrogens with one attached hydrogen (secondary N) is 2. The molecule has 0 amide bonds. The van der Waals surface area contributed by atoms with Gasteiger partial charge in [0, 0.05) is 30.2 Å². The second-order valence-electron chi connectivity index (χ2n) is 6.16. The zero-order valence-electron chi connectivity index (χ0n) is 15.3. The first-order valence-electron chi connectivity index (χ1n) is 8.95.